The minimum absolute atomic E-state index is 0.161. The zero-order valence-corrected chi connectivity index (χ0v) is 12.3. The Balaban J connectivity index is 1.89. The van der Waals surface area contributed by atoms with E-state index in [0.717, 1.165) is 18.7 Å². The van der Waals surface area contributed by atoms with Gasteiger partial charge in [-0.15, -0.1) is 0 Å². The molecule has 0 bridgehead atoms. The molecule has 0 spiro atoms. The molecule has 20 heavy (non-hydrogen) atoms. The van der Waals surface area contributed by atoms with Crippen LogP contribution in [-0.4, -0.2) is 36.0 Å². The molecule has 1 aliphatic carbocycles. The topological polar surface area (TPSA) is 58.4 Å². The van der Waals surface area contributed by atoms with Crippen LogP contribution in [0.25, 0.3) is 0 Å². The molecule has 0 amide bonds. The molecule has 1 aromatic rings. The van der Waals surface area contributed by atoms with Crippen LogP contribution >= 0.6 is 0 Å². The summed E-state index contributed by atoms with van der Waals surface area (Å²) in [7, 11) is 2.14. The van der Waals surface area contributed by atoms with Gasteiger partial charge in [0.25, 0.3) is 5.69 Å². The van der Waals surface area contributed by atoms with Gasteiger partial charge in [-0.05, 0) is 38.4 Å². The first kappa shape index (κ1) is 14.8. The normalized spacial score (nSPS) is 15.8. The van der Waals surface area contributed by atoms with Crippen LogP contribution in [0.15, 0.2) is 18.2 Å². The lowest BCUT2D eigenvalue weighted by Crippen LogP contribution is -2.33. The van der Waals surface area contributed by atoms with Crippen LogP contribution in [-0.2, 0) is 0 Å². The number of likely N-dealkylation sites (N-methyl/N-ethyl adjacent to an activating group) is 1. The highest BCUT2D eigenvalue weighted by Gasteiger charge is 2.19. The van der Waals surface area contributed by atoms with E-state index in [0.29, 0.717) is 11.7 Å². The average Bonchev–Trinajstić information content (AvgIpc) is 2.94. The molecule has 5 nitrogen and oxygen atoms in total. The average molecular weight is 277 g/mol. The second-order valence-corrected chi connectivity index (χ2v) is 5.62. The van der Waals surface area contributed by atoms with E-state index in [1.165, 1.54) is 25.7 Å². The fraction of sp³-hybridized carbons (Fsp3) is 0.600. The summed E-state index contributed by atoms with van der Waals surface area (Å²) in [6.45, 7) is 3.51. The highest BCUT2D eigenvalue weighted by atomic mass is 16.6. The molecular weight excluding hydrogens is 254 g/mol. The number of anilines is 1. The van der Waals surface area contributed by atoms with Crippen LogP contribution in [0, 0.1) is 17.0 Å². The Morgan fingerprint density at radius 1 is 1.40 bits per heavy atom. The molecule has 0 atom stereocenters. The number of aryl methyl sites for hydroxylation is 1. The minimum atomic E-state index is -0.323. The Hall–Kier alpha value is -1.62. The quantitative estimate of drug-likeness (QED) is 0.641. The lowest BCUT2D eigenvalue weighted by Gasteiger charge is -2.24. The van der Waals surface area contributed by atoms with Crippen LogP contribution in [0.5, 0.6) is 0 Å². The largest absolute Gasteiger partial charge is 0.378 e. The highest BCUT2D eigenvalue weighted by molar-refractivity contribution is 5.62. The van der Waals surface area contributed by atoms with Crippen molar-refractivity contribution in [3.05, 3.63) is 33.9 Å². The molecule has 0 unspecified atom stereocenters. The first-order valence-corrected chi connectivity index (χ1v) is 7.27. The molecule has 0 aromatic heterocycles. The summed E-state index contributed by atoms with van der Waals surface area (Å²) < 4.78 is 0. The molecule has 2 rings (SSSR count). The van der Waals surface area contributed by atoms with E-state index in [9.17, 15) is 10.1 Å². The Morgan fingerprint density at radius 3 is 2.75 bits per heavy atom. The van der Waals surface area contributed by atoms with E-state index >= 15 is 0 Å². The fourth-order valence-electron chi connectivity index (χ4n) is 2.84. The van der Waals surface area contributed by atoms with Crippen molar-refractivity contribution in [1.82, 2.24) is 4.90 Å². The maximum Gasteiger partial charge on any atom is 0.292 e. The van der Waals surface area contributed by atoms with Crippen molar-refractivity contribution < 1.29 is 4.92 Å². The van der Waals surface area contributed by atoms with Crippen LogP contribution in [0.1, 0.15) is 31.2 Å². The minimum Gasteiger partial charge on any atom is -0.378 e. The third kappa shape index (κ3) is 3.70. The van der Waals surface area contributed by atoms with Crippen molar-refractivity contribution in [3.8, 4) is 0 Å². The molecule has 1 fully saturated rings. The monoisotopic (exact) mass is 277 g/mol. The molecule has 1 aromatic carbocycles. The zero-order chi connectivity index (χ0) is 14.5. The maximum absolute atomic E-state index is 11.0. The second kappa shape index (κ2) is 6.70. The van der Waals surface area contributed by atoms with Gasteiger partial charge in [-0.2, -0.15) is 0 Å². The Bertz CT molecular complexity index is 470. The van der Waals surface area contributed by atoms with Crippen molar-refractivity contribution in [1.29, 1.82) is 0 Å². The van der Waals surface area contributed by atoms with Crippen molar-refractivity contribution >= 4 is 11.4 Å². The van der Waals surface area contributed by atoms with E-state index in [2.05, 4.69) is 17.3 Å². The molecular formula is C15H23N3O2. The van der Waals surface area contributed by atoms with Crippen molar-refractivity contribution in [2.75, 3.05) is 25.5 Å². The first-order valence-electron chi connectivity index (χ1n) is 7.27. The Labute approximate surface area is 120 Å². The summed E-state index contributed by atoms with van der Waals surface area (Å²) in [6, 6.07) is 5.99. The van der Waals surface area contributed by atoms with Crippen LogP contribution in [0.2, 0.25) is 0 Å². The Morgan fingerprint density at radius 2 is 2.10 bits per heavy atom. The number of benzene rings is 1. The standard InChI is InChI=1S/C15H23N3O2/c1-12-7-8-14(15(11-12)18(19)20)16-9-10-17(2)13-5-3-4-6-13/h7-8,11,13,16H,3-6,9-10H2,1-2H3. The smallest absolute Gasteiger partial charge is 0.292 e. The molecule has 1 N–H and O–H groups in total. The molecule has 1 saturated carbocycles. The Kier molecular flexibility index (Phi) is 4.95. The van der Waals surface area contributed by atoms with Crippen molar-refractivity contribution in [2.24, 2.45) is 0 Å². The van der Waals surface area contributed by atoms with Gasteiger partial charge in [-0.1, -0.05) is 18.9 Å². The van der Waals surface area contributed by atoms with Gasteiger partial charge in [0.2, 0.25) is 0 Å². The van der Waals surface area contributed by atoms with Crippen LogP contribution in [0.4, 0.5) is 11.4 Å². The zero-order valence-electron chi connectivity index (χ0n) is 12.3. The number of nitro groups is 1. The summed E-state index contributed by atoms with van der Waals surface area (Å²) >= 11 is 0. The van der Waals surface area contributed by atoms with E-state index in [1.807, 2.05) is 13.0 Å². The third-order valence-electron chi connectivity index (χ3n) is 4.08. The molecule has 110 valence electrons. The van der Waals surface area contributed by atoms with Crippen molar-refractivity contribution in [2.45, 2.75) is 38.6 Å². The number of nitrogens with zero attached hydrogens (tertiary/aromatic N) is 2. The van der Waals surface area contributed by atoms with E-state index < -0.39 is 0 Å². The summed E-state index contributed by atoms with van der Waals surface area (Å²) in [6.07, 6.45) is 5.21. The number of nitrogens with one attached hydrogen (secondary N) is 1. The van der Waals surface area contributed by atoms with Gasteiger partial charge >= 0.3 is 0 Å². The van der Waals surface area contributed by atoms with Crippen LogP contribution < -0.4 is 5.32 Å². The van der Waals surface area contributed by atoms with Crippen molar-refractivity contribution in [3.63, 3.8) is 0 Å². The highest BCUT2D eigenvalue weighted by Crippen LogP contribution is 2.25. The summed E-state index contributed by atoms with van der Waals surface area (Å²) in [5.41, 5.74) is 1.68. The lowest BCUT2D eigenvalue weighted by atomic mass is 10.2. The fourth-order valence-corrected chi connectivity index (χ4v) is 2.84. The molecule has 0 heterocycles. The predicted molar refractivity (Wildman–Crippen MR) is 81.2 cm³/mol. The van der Waals surface area contributed by atoms with Gasteiger partial charge in [-0.3, -0.25) is 10.1 Å². The van der Waals surface area contributed by atoms with Gasteiger partial charge in [0.15, 0.2) is 0 Å². The molecule has 0 saturated heterocycles. The van der Waals surface area contributed by atoms with E-state index in [4.69, 9.17) is 0 Å². The summed E-state index contributed by atoms with van der Waals surface area (Å²) in [5.74, 6) is 0. The molecule has 5 heteroatoms. The van der Waals surface area contributed by atoms with E-state index in [1.54, 1.807) is 12.1 Å². The molecule has 1 aliphatic rings. The number of rotatable bonds is 6. The number of nitro benzene ring substituents is 1. The lowest BCUT2D eigenvalue weighted by molar-refractivity contribution is -0.384. The van der Waals surface area contributed by atoms with Gasteiger partial charge in [0.1, 0.15) is 5.69 Å². The maximum atomic E-state index is 11.0. The summed E-state index contributed by atoms with van der Waals surface area (Å²) in [4.78, 5) is 13.1. The molecule has 0 aliphatic heterocycles. The first-order chi connectivity index (χ1) is 9.58. The SMILES string of the molecule is Cc1ccc(NCCN(C)C2CCCC2)c([N+](=O)[O-])c1. The summed E-state index contributed by atoms with van der Waals surface area (Å²) in [5, 5.41) is 14.2. The van der Waals surface area contributed by atoms with Crippen LogP contribution in [0.3, 0.4) is 0 Å². The number of hydrogen-bond donors (Lipinski definition) is 1. The predicted octanol–water partition coefficient (Wildman–Crippen LogP) is 3.19. The third-order valence-corrected chi connectivity index (χ3v) is 4.08. The van der Waals surface area contributed by atoms with Gasteiger partial charge in [-0.25, -0.2) is 0 Å². The van der Waals surface area contributed by atoms with E-state index in [-0.39, 0.29) is 10.6 Å². The van der Waals surface area contributed by atoms with Gasteiger partial charge in [0.05, 0.1) is 4.92 Å². The van der Waals surface area contributed by atoms with Gasteiger partial charge < -0.3 is 10.2 Å². The van der Waals surface area contributed by atoms with Gasteiger partial charge in [0, 0.05) is 25.2 Å². The number of hydrogen-bond acceptors (Lipinski definition) is 4. The molecule has 0 radical (unpaired) electrons. The second-order valence-electron chi connectivity index (χ2n) is 5.62.